The van der Waals surface area contributed by atoms with Crippen LogP contribution in [0.1, 0.15) is 25.5 Å². The van der Waals surface area contributed by atoms with E-state index in [9.17, 15) is 0 Å². The first-order valence-electron chi connectivity index (χ1n) is 4.71. The third-order valence-electron chi connectivity index (χ3n) is 1.88. The molecule has 1 rings (SSSR count). The molecule has 0 aromatic carbocycles. The Morgan fingerprint density at radius 1 is 1.57 bits per heavy atom. The van der Waals surface area contributed by atoms with Crippen molar-refractivity contribution in [1.29, 1.82) is 0 Å². The summed E-state index contributed by atoms with van der Waals surface area (Å²) in [6, 6.07) is 3.86. The fourth-order valence-corrected chi connectivity index (χ4v) is 1.11. The first kappa shape index (κ1) is 11.1. The molecule has 1 aromatic rings. The standard InChI is InChI=1S/C10H17N3O/c1-8(2)14-7-10(13-11)9-4-3-5-12-6-9/h3-6,8,10,13H,7,11H2,1-2H3. The third kappa shape index (κ3) is 3.41. The van der Waals surface area contributed by atoms with Crippen molar-refractivity contribution in [3.63, 3.8) is 0 Å². The molecule has 1 atom stereocenters. The van der Waals surface area contributed by atoms with Crippen molar-refractivity contribution in [1.82, 2.24) is 10.4 Å². The van der Waals surface area contributed by atoms with Gasteiger partial charge in [-0.15, -0.1) is 0 Å². The monoisotopic (exact) mass is 195 g/mol. The molecule has 0 spiro atoms. The van der Waals surface area contributed by atoms with Crippen molar-refractivity contribution < 1.29 is 4.74 Å². The highest BCUT2D eigenvalue weighted by Gasteiger charge is 2.09. The van der Waals surface area contributed by atoms with E-state index in [2.05, 4.69) is 10.4 Å². The first-order valence-corrected chi connectivity index (χ1v) is 4.71. The Morgan fingerprint density at radius 3 is 2.86 bits per heavy atom. The molecular weight excluding hydrogens is 178 g/mol. The molecule has 0 amide bonds. The Bertz CT molecular complexity index is 251. The van der Waals surface area contributed by atoms with E-state index in [1.54, 1.807) is 12.4 Å². The Balaban J connectivity index is 2.54. The molecule has 1 unspecified atom stereocenters. The van der Waals surface area contributed by atoms with Crippen molar-refractivity contribution in [3.05, 3.63) is 30.1 Å². The molecule has 4 heteroatoms. The molecule has 0 saturated carbocycles. The summed E-state index contributed by atoms with van der Waals surface area (Å²) in [4.78, 5) is 4.03. The Morgan fingerprint density at radius 2 is 2.36 bits per heavy atom. The molecule has 0 aliphatic carbocycles. The molecule has 14 heavy (non-hydrogen) atoms. The van der Waals surface area contributed by atoms with E-state index in [-0.39, 0.29) is 12.1 Å². The molecule has 0 bridgehead atoms. The smallest absolute Gasteiger partial charge is 0.0708 e. The maximum Gasteiger partial charge on any atom is 0.0708 e. The number of hydrogen-bond acceptors (Lipinski definition) is 4. The number of nitrogens with zero attached hydrogens (tertiary/aromatic N) is 1. The fourth-order valence-electron chi connectivity index (χ4n) is 1.11. The molecule has 1 heterocycles. The second-order valence-electron chi connectivity index (χ2n) is 3.39. The van der Waals surface area contributed by atoms with Crippen molar-refractivity contribution in [2.75, 3.05) is 6.61 Å². The van der Waals surface area contributed by atoms with E-state index in [1.807, 2.05) is 26.0 Å². The summed E-state index contributed by atoms with van der Waals surface area (Å²) in [5.74, 6) is 5.43. The van der Waals surface area contributed by atoms with Crippen molar-refractivity contribution >= 4 is 0 Å². The van der Waals surface area contributed by atoms with Gasteiger partial charge in [0, 0.05) is 12.4 Å². The van der Waals surface area contributed by atoms with Crippen molar-refractivity contribution in [2.24, 2.45) is 5.84 Å². The van der Waals surface area contributed by atoms with E-state index >= 15 is 0 Å². The summed E-state index contributed by atoms with van der Waals surface area (Å²) in [5.41, 5.74) is 3.75. The predicted molar refractivity (Wildman–Crippen MR) is 55.4 cm³/mol. The molecule has 0 aliphatic rings. The summed E-state index contributed by atoms with van der Waals surface area (Å²) >= 11 is 0. The minimum Gasteiger partial charge on any atom is -0.377 e. The van der Waals surface area contributed by atoms with Crippen molar-refractivity contribution in [3.8, 4) is 0 Å². The SMILES string of the molecule is CC(C)OCC(NN)c1cccnc1. The second-order valence-corrected chi connectivity index (χ2v) is 3.39. The summed E-state index contributed by atoms with van der Waals surface area (Å²) in [5, 5.41) is 0. The van der Waals surface area contributed by atoms with Gasteiger partial charge >= 0.3 is 0 Å². The van der Waals surface area contributed by atoms with Gasteiger partial charge in [0.05, 0.1) is 18.8 Å². The first-order chi connectivity index (χ1) is 6.74. The van der Waals surface area contributed by atoms with Crippen LogP contribution in [0.4, 0.5) is 0 Å². The molecule has 0 radical (unpaired) electrons. The summed E-state index contributed by atoms with van der Waals surface area (Å²) in [7, 11) is 0. The van der Waals surface area contributed by atoms with E-state index < -0.39 is 0 Å². The van der Waals surface area contributed by atoms with Gasteiger partial charge in [0.2, 0.25) is 0 Å². The Hall–Kier alpha value is -0.970. The highest BCUT2D eigenvalue weighted by atomic mass is 16.5. The molecule has 3 N–H and O–H groups in total. The van der Waals surface area contributed by atoms with Gasteiger partial charge in [-0.25, -0.2) is 0 Å². The van der Waals surface area contributed by atoms with Crippen LogP contribution in [0.5, 0.6) is 0 Å². The van der Waals surface area contributed by atoms with Gasteiger partial charge in [-0.3, -0.25) is 16.3 Å². The quantitative estimate of drug-likeness (QED) is 0.544. The lowest BCUT2D eigenvalue weighted by molar-refractivity contribution is 0.0611. The maximum absolute atomic E-state index is 5.48. The van der Waals surface area contributed by atoms with Crippen LogP contribution < -0.4 is 11.3 Å². The number of nitrogens with one attached hydrogen (secondary N) is 1. The molecule has 0 saturated heterocycles. The summed E-state index contributed by atoms with van der Waals surface area (Å²) in [6.07, 6.45) is 3.73. The van der Waals surface area contributed by atoms with E-state index in [0.29, 0.717) is 6.61 Å². The number of rotatable bonds is 5. The average molecular weight is 195 g/mol. The van der Waals surface area contributed by atoms with Crippen LogP contribution in [0.25, 0.3) is 0 Å². The lowest BCUT2D eigenvalue weighted by atomic mass is 10.1. The largest absolute Gasteiger partial charge is 0.377 e. The van der Waals surface area contributed by atoms with Crippen molar-refractivity contribution in [2.45, 2.75) is 26.0 Å². The molecular formula is C10H17N3O. The zero-order valence-corrected chi connectivity index (χ0v) is 8.60. The van der Waals surface area contributed by atoms with Gasteiger partial charge in [-0.2, -0.15) is 0 Å². The van der Waals surface area contributed by atoms with Crippen LogP contribution in [0.3, 0.4) is 0 Å². The average Bonchev–Trinajstić information content (AvgIpc) is 2.20. The van der Waals surface area contributed by atoms with Gasteiger partial charge in [-0.05, 0) is 25.5 Å². The van der Waals surface area contributed by atoms with Crippen LogP contribution in [0.15, 0.2) is 24.5 Å². The van der Waals surface area contributed by atoms with Crippen LogP contribution in [-0.4, -0.2) is 17.7 Å². The van der Waals surface area contributed by atoms with Crippen LogP contribution >= 0.6 is 0 Å². The fraction of sp³-hybridized carbons (Fsp3) is 0.500. The maximum atomic E-state index is 5.48. The van der Waals surface area contributed by atoms with Crippen LogP contribution in [0.2, 0.25) is 0 Å². The van der Waals surface area contributed by atoms with Crippen LogP contribution in [-0.2, 0) is 4.74 Å². The molecule has 0 aliphatic heterocycles. The highest BCUT2D eigenvalue weighted by molar-refractivity contribution is 5.13. The highest BCUT2D eigenvalue weighted by Crippen LogP contribution is 2.10. The summed E-state index contributed by atoms with van der Waals surface area (Å²) < 4.78 is 5.48. The second kappa shape index (κ2) is 5.70. The predicted octanol–water partition coefficient (Wildman–Crippen LogP) is 1.01. The minimum absolute atomic E-state index is 0.00565. The number of ether oxygens (including phenoxy) is 1. The zero-order valence-electron chi connectivity index (χ0n) is 8.60. The van der Waals surface area contributed by atoms with Gasteiger partial charge in [0.25, 0.3) is 0 Å². The van der Waals surface area contributed by atoms with Crippen LogP contribution in [0, 0.1) is 0 Å². The zero-order chi connectivity index (χ0) is 10.4. The van der Waals surface area contributed by atoms with E-state index in [1.165, 1.54) is 0 Å². The lowest BCUT2D eigenvalue weighted by Gasteiger charge is -2.17. The number of aromatic nitrogens is 1. The minimum atomic E-state index is 0.00565. The van der Waals surface area contributed by atoms with Gasteiger partial charge < -0.3 is 4.74 Å². The number of nitrogens with two attached hydrogens (primary N) is 1. The van der Waals surface area contributed by atoms with E-state index in [0.717, 1.165) is 5.56 Å². The molecule has 4 nitrogen and oxygen atoms in total. The Kier molecular flexibility index (Phi) is 4.52. The normalized spacial score (nSPS) is 13.1. The number of hydrazine groups is 1. The third-order valence-corrected chi connectivity index (χ3v) is 1.88. The van der Waals surface area contributed by atoms with Gasteiger partial charge in [-0.1, -0.05) is 6.07 Å². The van der Waals surface area contributed by atoms with Gasteiger partial charge in [0.1, 0.15) is 0 Å². The molecule has 78 valence electrons. The van der Waals surface area contributed by atoms with Gasteiger partial charge in [0.15, 0.2) is 0 Å². The molecule has 1 aromatic heterocycles. The van der Waals surface area contributed by atoms with E-state index in [4.69, 9.17) is 10.6 Å². The topological polar surface area (TPSA) is 60.2 Å². The summed E-state index contributed by atoms with van der Waals surface area (Å²) in [6.45, 7) is 4.55. The lowest BCUT2D eigenvalue weighted by Crippen LogP contribution is -2.32. The Labute approximate surface area is 84.4 Å². The molecule has 0 fully saturated rings. The number of pyridine rings is 1. The number of hydrogen-bond donors (Lipinski definition) is 2.